The Labute approximate surface area is 96.6 Å². The molecule has 0 saturated carbocycles. The lowest BCUT2D eigenvalue weighted by Gasteiger charge is -2.27. The van der Waals surface area contributed by atoms with E-state index in [1.54, 1.807) is 7.11 Å². The van der Waals surface area contributed by atoms with Crippen LogP contribution in [0.4, 0.5) is 0 Å². The van der Waals surface area contributed by atoms with Crippen LogP contribution in [0.25, 0.3) is 0 Å². The average molecular weight is 218 g/mol. The molecule has 0 spiro atoms. The van der Waals surface area contributed by atoms with Crippen LogP contribution in [0.2, 0.25) is 0 Å². The van der Waals surface area contributed by atoms with Gasteiger partial charge in [0, 0.05) is 5.92 Å². The Hall–Kier alpha value is -1.31. The van der Waals surface area contributed by atoms with Gasteiger partial charge in [0.05, 0.1) is 7.11 Å². The average Bonchev–Trinajstić information content (AvgIpc) is 2.36. The zero-order valence-corrected chi connectivity index (χ0v) is 9.90. The second-order valence-corrected chi connectivity index (χ2v) is 4.60. The largest absolute Gasteiger partial charge is 0.496 e. The number of benzene rings is 1. The van der Waals surface area contributed by atoms with Crippen LogP contribution in [-0.2, 0) is 17.6 Å². The second kappa shape index (κ2) is 4.69. The lowest BCUT2D eigenvalue weighted by Crippen LogP contribution is -2.21. The smallest absolute Gasteiger partial charge is 0.123 e. The van der Waals surface area contributed by atoms with E-state index >= 15 is 0 Å². The summed E-state index contributed by atoms with van der Waals surface area (Å²) in [5.74, 6) is 1.66. The van der Waals surface area contributed by atoms with E-state index in [-0.39, 0.29) is 5.92 Å². The first-order valence-electron chi connectivity index (χ1n) is 5.86. The minimum absolute atomic E-state index is 0.166. The fraction of sp³-hybridized carbons (Fsp3) is 0.500. The number of methoxy groups -OCH3 is 1. The summed E-state index contributed by atoms with van der Waals surface area (Å²) in [6.45, 7) is 2.02. The van der Waals surface area contributed by atoms with Crippen LogP contribution in [0.1, 0.15) is 24.5 Å². The predicted molar refractivity (Wildman–Crippen MR) is 63.7 cm³/mol. The fourth-order valence-corrected chi connectivity index (χ4v) is 2.55. The van der Waals surface area contributed by atoms with Crippen LogP contribution < -0.4 is 4.74 Å². The fourth-order valence-electron chi connectivity index (χ4n) is 2.55. The summed E-state index contributed by atoms with van der Waals surface area (Å²) in [4.78, 5) is 10.8. The van der Waals surface area contributed by atoms with Crippen molar-refractivity contribution < 1.29 is 9.53 Å². The SMILES string of the molecule is COc1cccc2c1CCC(C(C)C=O)C2. The van der Waals surface area contributed by atoms with Crippen molar-refractivity contribution in [3.05, 3.63) is 29.3 Å². The van der Waals surface area contributed by atoms with Crippen molar-refractivity contribution in [2.75, 3.05) is 7.11 Å². The molecule has 2 unspecified atom stereocenters. The zero-order chi connectivity index (χ0) is 11.5. The highest BCUT2D eigenvalue weighted by Crippen LogP contribution is 2.34. The molecule has 16 heavy (non-hydrogen) atoms. The van der Waals surface area contributed by atoms with E-state index in [1.807, 2.05) is 19.1 Å². The van der Waals surface area contributed by atoms with Gasteiger partial charge in [-0.1, -0.05) is 19.1 Å². The molecule has 0 aromatic heterocycles. The summed E-state index contributed by atoms with van der Waals surface area (Å²) >= 11 is 0. The van der Waals surface area contributed by atoms with Crippen LogP contribution >= 0.6 is 0 Å². The summed E-state index contributed by atoms with van der Waals surface area (Å²) in [7, 11) is 1.72. The Kier molecular flexibility index (Phi) is 3.28. The number of hydrogen-bond donors (Lipinski definition) is 0. The number of carbonyl (C=O) groups excluding carboxylic acids is 1. The lowest BCUT2D eigenvalue weighted by atomic mass is 9.78. The third kappa shape index (κ3) is 1.97. The molecule has 2 nitrogen and oxygen atoms in total. The number of aldehydes is 1. The van der Waals surface area contributed by atoms with Crippen molar-refractivity contribution in [2.24, 2.45) is 11.8 Å². The van der Waals surface area contributed by atoms with Gasteiger partial charge in [0.1, 0.15) is 12.0 Å². The van der Waals surface area contributed by atoms with Crippen molar-refractivity contribution >= 4 is 6.29 Å². The topological polar surface area (TPSA) is 26.3 Å². The lowest BCUT2D eigenvalue weighted by molar-refractivity contribution is -0.112. The molecule has 1 aliphatic carbocycles. The molecule has 1 aromatic rings. The van der Waals surface area contributed by atoms with Gasteiger partial charge in [-0.15, -0.1) is 0 Å². The van der Waals surface area contributed by atoms with Gasteiger partial charge in [0.15, 0.2) is 0 Å². The highest BCUT2D eigenvalue weighted by Gasteiger charge is 2.24. The third-order valence-corrected chi connectivity index (χ3v) is 3.66. The number of carbonyl (C=O) groups is 1. The number of hydrogen-bond acceptors (Lipinski definition) is 2. The molecule has 0 aliphatic heterocycles. The van der Waals surface area contributed by atoms with Crippen molar-refractivity contribution in [1.29, 1.82) is 0 Å². The van der Waals surface area contributed by atoms with Gasteiger partial charge in [0.2, 0.25) is 0 Å². The molecule has 0 saturated heterocycles. The van der Waals surface area contributed by atoms with Gasteiger partial charge >= 0.3 is 0 Å². The van der Waals surface area contributed by atoms with Crippen LogP contribution in [0, 0.1) is 11.8 Å². The summed E-state index contributed by atoms with van der Waals surface area (Å²) < 4.78 is 5.37. The molecule has 0 amide bonds. The number of fused-ring (bicyclic) bond motifs is 1. The summed E-state index contributed by atoms with van der Waals surface area (Å²) in [6, 6.07) is 6.20. The molecule has 2 atom stereocenters. The van der Waals surface area contributed by atoms with E-state index < -0.39 is 0 Å². The Balaban J connectivity index is 2.24. The Bertz CT molecular complexity index is 384. The van der Waals surface area contributed by atoms with Gasteiger partial charge in [0.25, 0.3) is 0 Å². The van der Waals surface area contributed by atoms with Crippen LogP contribution in [0.5, 0.6) is 5.75 Å². The van der Waals surface area contributed by atoms with Gasteiger partial charge in [-0.25, -0.2) is 0 Å². The molecule has 1 aliphatic rings. The molecule has 0 fully saturated rings. The second-order valence-electron chi connectivity index (χ2n) is 4.60. The third-order valence-electron chi connectivity index (χ3n) is 3.66. The van der Waals surface area contributed by atoms with E-state index in [9.17, 15) is 4.79 Å². The Morgan fingerprint density at radius 3 is 3.00 bits per heavy atom. The molecule has 1 aromatic carbocycles. The molecule has 0 heterocycles. The number of ether oxygens (including phenoxy) is 1. The molecular weight excluding hydrogens is 200 g/mol. The highest BCUT2D eigenvalue weighted by molar-refractivity contribution is 5.54. The zero-order valence-electron chi connectivity index (χ0n) is 9.90. The molecule has 2 rings (SSSR count). The van der Waals surface area contributed by atoms with Gasteiger partial charge in [-0.2, -0.15) is 0 Å². The van der Waals surface area contributed by atoms with Gasteiger partial charge < -0.3 is 9.53 Å². The van der Waals surface area contributed by atoms with E-state index in [4.69, 9.17) is 4.74 Å². The van der Waals surface area contributed by atoms with Crippen molar-refractivity contribution in [3.8, 4) is 5.75 Å². The maximum atomic E-state index is 10.8. The Morgan fingerprint density at radius 1 is 1.50 bits per heavy atom. The quantitative estimate of drug-likeness (QED) is 0.729. The maximum Gasteiger partial charge on any atom is 0.123 e. The van der Waals surface area contributed by atoms with E-state index in [0.717, 1.165) is 31.3 Å². The first-order valence-corrected chi connectivity index (χ1v) is 5.86. The molecular formula is C14H18O2. The number of rotatable bonds is 3. The first-order chi connectivity index (χ1) is 7.76. The van der Waals surface area contributed by atoms with E-state index in [1.165, 1.54) is 11.1 Å². The van der Waals surface area contributed by atoms with Crippen LogP contribution in [0.3, 0.4) is 0 Å². The van der Waals surface area contributed by atoms with Crippen molar-refractivity contribution in [1.82, 2.24) is 0 Å². The summed E-state index contributed by atoms with van der Waals surface area (Å²) in [5.41, 5.74) is 2.68. The molecule has 2 heteroatoms. The van der Waals surface area contributed by atoms with Gasteiger partial charge in [-0.05, 0) is 42.4 Å². The van der Waals surface area contributed by atoms with E-state index in [0.29, 0.717) is 5.92 Å². The monoisotopic (exact) mass is 218 g/mol. The summed E-state index contributed by atoms with van der Waals surface area (Å²) in [6.07, 6.45) is 4.21. The maximum absolute atomic E-state index is 10.8. The van der Waals surface area contributed by atoms with Crippen molar-refractivity contribution in [3.63, 3.8) is 0 Å². The van der Waals surface area contributed by atoms with E-state index in [2.05, 4.69) is 6.07 Å². The standard InChI is InChI=1S/C14H18O2/c1-10(9-15)11-6-7-13-12(8-11)4-3-5-14(13)16-2/h3-5,9-11H,6-8H2,1-2H3. The minimum atomic E-state index is 0.166. The van der Waals surface area contributed by atoms with Crippen LogP contribution in [-0.4, -0.2) is 13.4 Å². The molecule has 0 N–H and O–H groups in total. The first kappa shape index (κ1) is 11.2. The van der Waals surface area contributed by atoms with Crippen LogP contribution in [0.15, 0.2) is 18.2 Å². The molecule has 86 valence electrons. The Morgan fingerprint density at radius 2 is 2.31 bits per heavy atom. The molecule has 0 bridgehead atoms. The summed E-state index contributed by atoms with van der Waals surface area (Å²) in [5, 5.41) is 0. The van der Waals surface area contributed by atoms with Gasteiger partial charge in [-0.3, -0.25) is 0 Å². The minimum Gasteiger partial charge on any atom is -0.496 e. The highest BCUT2D eigenvalue weighted by atomic mass is 16.5. The molecule has 0 radical (unpaired) electrons. The van der Waals surface area contributed by atoms with Crippen molar-refractivity contribution in [2.45, 2.75) is 26.2 Å². The predicted octanol–water partition coefficient (Wildman–Crippen LogP) is 2.64. The normalized spacial score (nSPS) is 21.0.